The standard InChI is InChI=1S/C25H18O2/c26-24-12-6-5-11-23(24)25(27)16-15-19-8-3-4-10-22(19)21-14-13-18-7-1-2-9-20(18)17-21/h1-17,26H/b16-15+. The quantitative estimate of drug-likeness (QED) is 0.356. The fraction of sp³-hybridized carbons (Fsp3) is 0. The van der Waals surface area contributed by atoms with Crippen LogP contribution in [0.3, 0.4) is 0 Å². The zero-order chi connectivity index (χ0) is 18.6. The summed E-state index contributed by atoms with van der Waals surface area (Å²) in [4.78, 5) is 12.4. The molecule has 2 nitrogen and oxygen atoms in total. The van der Waals surface area contributed by atoms with Crippen LogP contribution in [0.25, 0.3) is 28.0 Å². The van der Waals surface area contributed by atoms with E-state index in [9.17, 15) is 9.90 Å². The van der Waals surface area contributed by atoms with E-state index < -0.39 is 0 Å². The number of fused-ring (bicyclic) bond motifs is 1. The molecular formula is C25H18O2. The van der Waals surface area contributed by atoms with Gasteiger partial charge in [-0.05, 0) is 51.7 Å². The molecule has 0 aliphatic heterocycles. The Kier molecular flexibility index (Phi) is 4.54. The maximum absolute atomic E-state index is 12.4. The lowest BCUT2D eigenvalue weighted by Gasteiger charge is -2.08. The van der Waals surface area contributed by atoms with Crippen LogP contribution in [0.1, 0.15) is 15.9 Å². The molecule has 1 N–H and O–H groups in total. The molecule has 4 aromatic carbocycles. The van der Waals surface area contributed by atoms with Crippen molar-refractivity contribution in [2.45, 2.75) is 0 Å². The van der Waals surface area contributed by atoms with Crippen molar-refractivity contribution in [2.75, 3.05) is 0 Å². The van der Waals surface area contributed by atoms with Crippen molar-refractivity contribution in [2.24, 2.45) is 0 Å². The summed E-state index contributed by atoms with van der Waals surface area (Å²) in [5.41, 5.74) is 3.42. The number of para-hydroxylation sites is 1. The van der Waals surface area contributed by atoms with E-state index in [0.29, 0.717) is 5.56 Å². The number of phenolic OH excluding ortho intramolecular Hbond substituents is 1. The van der Waals surface area contributed by atoms with Crippen LogP contribution in [-0.2, 0) is 0 Å². The van der Waals surface area contributed by atoms with Crippen molar-refractivity contribution >= 4 is 22.6 Å². The molecule has 0 aliphatic carbocycles. The highest BCUT2D eigenvalue weighted by Gasteiger charge is 2.08. The van der Waals surface area contributed by atoms with Gasteiger partial charge >= 0.3 is 0 Å². The molecule has 0 spiro atoms. The first-order valence-corrected chi connectivity index (χ1v) is 8.81. The van der Waals surface area contributed by atoms with Gasteiger partial charge in [0.05, 0.1) is 5.56 Å². The Morgan fingerprint density at radius 2 is 1.44 bits per heavy atom. The number of phenols is 1. The molecular weight excluding hydrogens is 332 g/mol. The van der Waals surface area contributed by atoms with Crippen LogP contribution in [0, 0.1) is 0 Å². The Bertz CT molecular complexity index is 1160. The zero-order valence-corrected chi connectivity index (χ0v) is 14.7. The number of hydrogen-bond acceptors (Lipinski definition) is 2. The van der Waals surface area contributed by atoms with Gasteiger partial charge in [-0.25, -0.2) is 0 Å². The second-order valence-electron chi connectivity index (χ2n) is 6.36. The highest BCUT2D eigenvalue weighted by atomic mass is 16.3. The number of carbonyl (C=O) groups excluding carboxylic acids is 1. The molecule has 0 saturated heterocycles. The minimum absolute atomic E-state index is 0.00466. The predicted molar refractivity (Wildman–Crippen MR) is 111 cm³/mol. The fourth-order valence-corrected chi connectivity index (χ4v) is 3.20. The van der Waals surface area contributed by atoms with Crippen LogP contribution in [0.5, 0.6) is 5.75 Å². The van der Waals surface area contributed by atoms with Gasteiger partial charge in [0.15, 0.2) is 5.78 Å². The molecule has 130 valence electrons. The monoisotopic (exact) mass is 350 g/mol. The third-order valence-electron chi connectivity index (χ3n) is 4.61. The molecule has 0 atom stereocenters. The lowest BCUT2D eigenvalue weighted by molar-refractivity contribution is 0.104. The summed E-state index contributed by atoms with van der Waals surface area (Å²) in [7, 11) is 0. The predicted octanol–water partition coefficient (Wildman–Crippen LogP) is 6.11. The van der Waals surface area contributed by atoms with E-state index in [1.165, 1.54) is 22.9 Å². The first-order valence-electron chi connectivity index (χ1n) is 8.81. The Balaban J connectivity index is 1.70. The summed E-state index contributed by atoms with van der Waals surface area (Å²) in [6.07, 6.45) is 3.31. The lowest BCUT2D eigenvalue weighted by atomic mass is 9.96. The second kappa shape index (κ2) is 7.30. The molecule has 4 rings (SSSR count). The zero-order valence-electron chi connectivity index (χ0n) is 14.7. The van der Waals surface area contributed by atoms with Gasteiger partial charge in [-0.2, -0.15) is 0 Å². The minimum Gasteiger partial charge on any atom is -0.507 e. The third kappa shape index (κ3) is 3.51. The molecule has 0 unspecified atom stereocenters. The number of ketones is 1. The normalized spacial score (nSPS) is 11.1. The van der Waals surface area contributed by atoms with E-state index in [1.807, 2.05) is 36.4 Å². The van der Waals surface area contributed by atoms with Crippen LogP contribution in [0.2, 0.25) is 0 Å². The molecule has 0 heterocycles. The highest BCUT2D eigenvalue weighted by molar-refractivity contribution is 6.08. The maximum atomic E-state index is 12.4. The van der Waals surface area contributed by atoms with Crippen molar-refractivity contribution in [3.05, 3.63) is 108 Å². The molecule has 0 saturated carbocycles. The maximum Gasteiger partial charge on any atom is 0.189 e. The Morgan fingerprint density at radius 1 is 0.741 bits per heavy atom. The average molecular weight is 350 g/mol. The first-order chi connectivity index (χ1) is 13.2. The SMILES string of the molecule is O=C(/C=C/c1ccccc1-c1ccc2ccccc2c1)c1ccccc1O. The Labute approximate surface area is 158 Å². The van der Waals surface area contributed by atoms with Crippen LogP contribution < -0.4 is 0 Å². The van der Waals surface area contributed by atoms with Gasteiger partial charge in [0.2, 0.25) is 0 Å². The van der Waals surface area contributed by atoms with Crippen molar-refractivity contribution in [1.82, 2.24) is 0 Å². The summed E-state index contributed by atoms with van der Waals surface area (Å²) < 4.78 is 0. The van der Waals surface area contributed by atoms with E-state index in [-0.39, 0.29) is 11.5 Å². The van der Waals surface area contributed by atoms with Gasteiger partial charge in [0, 0.05) is 0 Å². The summed E-state index contributed by atoms with van der Waals surface area (Å²) in [6.45, 7) is 0. The van der Waals surface area contributed by atoms with Crippen molar-refractivity contribution in [1.29, 1.82) is 0 Å². The van der Waals surface area contributed by atoms with Crippen LogP contribution >= 0.6 is 0 Å². The van der Waals surface area contributed by atoms with Gasteiger partial charge in [-0.3, -0.25) is 4.79 Å². The number of benzene rings is 4. The Hall–Kier alpha value is -3.65. The number of aromatic hydroxyl groups is 1. The molecule has 0 fully saturated rings. The molecule has 0 bridgehead atoms. The summed E-state index contributed by atoms with van der Waals surface area (Å²) in [5.74, 6) is -0.226. The smallest absolute Gasteiger partial charge is 0.189 e. The van der Waals surface area contributed by atoms with Gasteiger partial charge in [0.1, 0.15) is 5.75 Å². The summed E-state index contributed by atoms with van der Waals surface area (Å²) >= 11 is 0. The molecule has 0 aromatic heterocycles. The van der Waals surface area contributed by atoms with Crippen molar-refractivity contribution in [3.8, 4) is 16.9 Å². The van der Waals surface area contributed by atoms with Gasteiger partial charge in [0.25, 0.3) is 0 Å². The molecule has 0 amide bonds. The largest absolute Gasteiger partial charge is 0.507 e. The molecule has 27 heavy (non-hydrogen) atoms. The summed E-state index contributed by atoms with van der Waals surface area (Å²) in [5, 5.41) is 12.2. The number of allylic oxidation sites excluding steroid dienone is 1. The van der Waals surface area contributed by atoms with Crippen LogP contribution in [0.4, 0.5) is 0 Å². The van der Waals surface area contributed by atoms with Crippen LogP contribution in [-0.4, -0.2) is 10.9 Å². The van der Waals surface area contributed by atoms with E-state index in [1.54, 1.807) is 24.3 Å². The van der Waals surface area contributed by atoms with Gasteiger partial charge in [-0.15, -0.1) is 0 Å². The average Bonchev–Trinajstić information content (AvgIpc) is 2.72. The highest BCUT2D eigenvalue weighted by Crippen LogP contribution is 2.28. The lowest BCUT2D eigenvalue weighted by Crippen LogP contribution is -1.94. The van der Waals surface area contributed by atoms with E-state index in [2.05, 4.69) is 30.3 Å². The molecule has 4 aromatic rings. The van der Waals surface area contributed by atoms with E-state index >= 15 is 0 Å². The second-order valence-corrected chi connectivity index (χ2v) is 6.36. The van der Waals surface area contributed by atoms with Crippen molar-refractivity contribution < 1.29 is 9.90 Å². The number of carbonyl (C=O) groups is 1. The fourth-order valence-electron chi connectivity index (χ4n) is 3.20. The van der Waals surface area contributed by atoms with Crippen molar-refractivity contribution in [3.63, 3.8) is 0 Å². The third-order valence-corrected chi connectivity index (χ3v) is 4.61. The summed E-state index contributed by atoms with van der Waals surface area (Å²) in [6, 6.07) is 29.2. The van der Waals surface area contributed by atoms with E-state index in [4.69, 9.17) is 0 Å². The first kappa shape index (κ1) is 16.8. The number of rotatable bonds is 4. The van der Waals surface area contributed by atoms with Gasteiger partial charge < -0.3 is 5.11 Å². The molecule has 2 heteroatoms. The van der Waals surface area contributed by atoms with Crippen LogP contribution in [0.15, 0.2) is 97.1 Å². The van der Waals surface area contributed by atoms with Gasteiger partial charge in [-0.1, -0.05) is 78.9 Å². The topological polar surface area (TPSA) is 37.3 Å². The molecule has 0 aliphatic rings. The Morgan fingerprint density at radius 3 is 2.30 bits per heavy atom. The number of hydrogen-bond donors (Lipinski definition) is 1. The minimum atomic E-state index is -0.221. The molecule has 0 radical (unpaired) electrons. The van der Waals surface area contributed by atoms with E-state index in [0.717, 1.165) is 16.7 Å².